The van der Waals surface area contributed by atoms with Gasteiger partial charge in [0.05, 0.1) is 6.10 Å². The molecule has 0 fully saturated rings. The van der Waals surface area contributed by atoms with Crippen molar-refractivity contribution in [2.75, 3.05) is 6.61 Å². The topological polar surface area (TPSA) is 9.23 Å². The van der Waals surface area contributed by atoms with E-state index in [1.807, 2.05) is 0 Å². The molecular weight excluding hydrogens is 179 g/mol. The zero-order chi connectivity index (χ0) is 10.4. The Bertz CT molecular complexity index is 256. The Labute approximate surface area is 84.9 Å². The molecule has 0 aliphatic carbocycles. The number of rotatable bonds is 5. The van der Waals surface area contributed by atoms with Crippen LogP contribution in [0.25, 0.3) is 0 Å². The van der Waals surface area contributed by atoms with Gasteiger partial charge in [-0.05, 0) is 30.5 Å². The van der Waals surface area contributed by atoms with Crippen LogP contribution in [0.3, 0.4) is 0 Å². The fraction of sp³-hybridized carbons (Fsp3) is 0.500. The average Bonchev–Trinajstić information content (AvgIpc) is 2.21. The average molecular weight is 196 g/mol. The van der Waals surface area contributed by atoms with Crippen LogP contribution in [0.15, 0.2) is 24.3 Å². The Morgan fingerprint density at radius 2 is 1.86 bits per heavy atom. The molecule has 0 spiro atoms. The van der Waals surface area contributed by atoms with E-state index in [-0.39, 0.29) is 11.9 Å². The van der Waals surface area contributed by atoms with E-state index in [1.165, 1.54) is 12.1 Å². The smallest absolute Gasteiger partial charge is 0.123 e. The van der Waals surface area contributed by atoms with Gasteiger partial charge in [-0.2, -0.15) is 0 Å². The van der Waals surface area contributed by atoms with Crippen LogP contribution in [0.1, 0.15) is 38.4 Å². The number of ether oxygens (including phenoxy) is 1. The molecule has 0 aliphatic rings. The van der Waals surface area contributed by atoms with E-state index in [9.17, 15) is 4.39 Å². The van der Waals surface area contributed by atoms with Gasteiger partial charge in [0.1, 0.15) is 5.82 Å². The first-order valence-corrected chi connectivity index (χ1v) is 5.15. The molecule has 0 saturated heterocycles. The molecular formula is C12H17FO. The molecule has 0 aliphatic heterocycles. The van der Waals surface area contributed by atoms with Crippen molar-refractivity contribution < 1.29 is 9.13 Å². The van der Waals surface area contributed by atoms with Crippen molar-refractivity contribution in [2.45, 2.75) is 32.8 Å². The van der Waals surface area contributed by atoms with Gasteiger partial charge >= 0.3 is 0 Å². The third-order valence-corrected chi connectivity index (χ3v) is 2.14. The van der Waals surface area contributed by atoms with Gasteiger partial charge in [-0.1, -0.05) is 26.0 Å². The van der Waals surface area contributed by atoms with Gasteiger partial charge in [-0.15, -0.1) is 0 Å². The Balaban J connectivity index is 2.64. The predicted molar refractivity (Wildman–Crippen MR) is 55.7 cm³/mol. The first-order chi connectivity index (χ1) is 6.77. The molecule has 0 heterocycles. The van der Waals surface area contributed by atoms with Gasteiger partial charge in [-0.25, -0.2) is 4.39 Å². The summed E-state index contributed by atoms with van der Waals surface area (Å²) >= 11 is 0. The first kappa shape index (κ1) is 11.2. The number of hydrogen-bond acceptors (Lipinski definition) is 1. The lowest BCUT2D eigenvalue weighted by Crippen LogP contribution is -2.03. The third kappa shape index (κ3) is 3.11. The van der Waals surface area contributed by atoms with E-state index in [0.29, 0.717) is 0 Å². The summed E-state index contributed by atoms with van der Waals surface area (Å²) in [7, 11) is 0. The molecule has 14 heavy (non-hydrogen) atoms. The molecule has 1 unspecified atom stereocenters. The molecule has 78 valence electrons. The Morgan fingerprint density at radius 3 is 2.36 bits per heavy atom. The van der Waals surface area contributed by atoms with Gasteiger partial charge in [0.25, 0.3) is 0 Å². The Kier molecular flexibility index (Phi) is 4.60. The zero-order valence-electron chi connectivity index (χ0n) is 8.79. The molecule has 1 aromatic rings. The highest BCUT2D eigenvalue weighted by Gasteiger charge is 2.08. The van der Waals surface area contributed by atoms with E-state index < -0.39 is 0 Å². The van der Waals surface area contributed by atoms with Crippen molar-refractivity contribution in [3.05, 3.63) is 35.6 Å². The van der Waals surface area contributed by atoms with E-state index >= 15 is 0 Å². The SMILES string of the molecule is CCCOC(CC)c1ccc(F)cc1. The zero-order valence-corrected chi connectivity index (χ0v) is 8.79. The number of halogens is 1. The lowest BCUT2D eigenvalue weighted by Gasteiger charge is -2.15. The molecule has 0 aromatic heterocycles. The lowest BCUT2D eigenvalue weighted by molar-refractivity contribution is 0.0504. The summed E-state index contributed by atoms with van der Waals surface area (Å²) in [6.07, 6.45) is 2.04. The van der Waals surface area contributed by atoms with E-state index in [2.05, 4.69) is 13.8 Å². The standard InChI is InChI=1S/C12H17FO/c1-3-9-14-12(4-2)10-5-7-11(13)8-6-10/h5-8,12H,3-4,9H2,1-2H3. The summed E-state index contributed by atoms with van der Waals surface area (Å²) in [4.78, 5) is 0. The summed E-state index contributed by atoms with van der Waals surface area (Å²) in [5, 5.41) is 0. The van der Waals surface area contributed by atoms with E-state index in [0.717, 1.165) is 25.0 Å². The van der Waals surface area contributed by atoms with E-state index in [4.69, 9.17) is 4.74 Å². The van der Waals surface area contributed by atoms with Crippen LogP contribution in [-0.2, 0) is 4.74 Å². The van der Waals surface area contributed by atoms with Crippen molar-refractivity contribution in [3.63, 3.8) is 0 Å². The fourth-order valence-corrected chi connectivity index (χ4v) is 1.39. The van der Waals surface area contributed by atoms with Gasteiger partial charge in [0.2, 0.25) is 0 Å². The summed E-state index contributed by atoms with van der Waals surface area (Å²) < 4.78 is 18.3. The van der Waals surface area contributed by atoms with Crippen LogP contribution in [0.5, 0.6) is 0 Å². The second-order valence-corrected chi connectivity index (χ2v) is 3.32. The van der Waals surface area contributed by atoms with E-state index in [1.54, 1.807) is 12.1 Å². The normalized spacial score (nSPS) is 12.8. The molecule has 0 amide bonds. The van der Waals surface area contributed by atoms with Gasteiger partial charge < -0.3 is 4.74 Å². The van der Waals surface area contributed by atoms with Crippen LogP contribution >= 0.6 is 0 Å². The van der Waals surface area contributed by atoms with Crippen LogP contribution in [0.4, 0.5) is 4.39 Å². The second kappa shape index (κ2) is 5.76. The molecule has 1 aromatic carbocycles. The minimum atomic E-state index is -0.195. The van der Waals surface area contributed by atoms with Crippen LogP contribution < -0.4 is 0 Å². The lowest BCUT2D eigenvalue weighted by atomic mass is 10.1. The molecule has 0 radical (unpaired) electrons. The summed E-state index contributed by atoms with van der Waals surface area (Å²) in [6, 6.07) is 6.54. The van der Waals surface area contributed by atoms with Crippen molar-refractivity contribution >= 4 is 0 Å². The highest BCUT2D eigenvalue weighted by molar-refractivity contribution is 5.18. The molecule has 0 bridgehead atoms. The summed E-state index contributed by atoms with van der Waals surface area (Å²) in [5.74, 6) is -0.195. The maximum Gasteiger partial charge on any atom is 0.123 e. The second-order valence-electron chi connectivity index (χ2n) is 3.32. The fourth-order valence-electron chi connectivity index (χ4n) is 1.39. The van der Waals surface area contributed by atoms with Crippen LogP contribution in [0, 0.1) is 5.82 Å². The van der Waals surface area contributed by atoms with Crippen molar-refractivity contribution in [2.24, 2.45) is 0 Å². The van der Waals surface area contributed by atoms with Gasteiger partial charge in [0, 0.05) is 6.61 Å². The molecule has 0 N–H and O–H groups in total. The highest BCUT2D eigenvalue weighted by atomic mass is 19.1. The molecule has 1 rings (SSSR count). The monoisotopic (exact) mass is 196 g/mol. The van der Waals surface area contributed by atoms with Crippen LogP contribution in [0.2, 0.25) is 0 Å². The highest BCUT2D eigenvalue weighted by Crippen LogP contribution is 2.21. The molecule has 0 saturated carbocycles. The molecule has 1 atom stereocenters. The number of benzene rings is 1. The summed E-state index contributed by atoms with van der Waals surface area (Å²) in [6.45, 7) is 4.91. The van der Waals surface area contributed by atoms with Gasteiger partial charge in [0.15, 0.2) is 0 Å². The summed E-state index contributed by atoms with van der Waals surface area (Å²) in [5.41, 5.74) is 1.06. The van der Waals surface area contributed by atoms with Gasteiger partial charge in [-0.3, -0.25) is 0 Å². The number of hydrogen-bond donors (Lipinski definition) is 0. The van der Waals surface area contributed by atoms with Crippen molar-refractivity contribution in [1.29, 1.82) is 0 Å². The minimum Gasteiger partial charge on any atom is -0.374 e. The quantitative estimate of drug-likeness (QED) is 0.697. The minimum absolute atomic E-state index is 0.107. The molecule has 2 heteroatoms. The molecule has 1 nitrogen and oxygen atoms in total. The maximum atomic E-state index is 12.7. The Morgan fingerprint density at radius 1 is 1.21 bits per heavy atom. The Hall–Kier alpha value is -0.890. The van der Waals surface area contributed by atoms with Crippen molar-refractivity contribution in [3.8, 4) is 0 Å². The largest absolute Gasteiger partial charge is 0.374 e. The maximum absolute atomic E-state index is 12.7. The first-order valence-electron chi connectivity index (χ1n) is 5.15. The van der Waals surface area contributed by atoms with Crippen LogP contribution in [-0.4, -0.2) is 6.61 Å². The van der Waals surface area contributed by atoms with Crippen molar-refractivity contribution in [1.82, 2.24) is 0 Å². The predicted octanol–water partition coefficient (Wildman–Crippen LogP) is 3.70. The third-order valence-electron chi connectivity index (χ3n) is 2.14.